The van der Waals surface area contributed by atoms with Gasteiger partial charge in [0, 0.05) is 43.8 Å². The zero-order chi connectivity index (χ0) is 19.4. The van der Waals surface area contributed by atoms with Crippen LogP contribution in [0.3, 0.4) is 0 Å². The molecule has 1 aliphatic carbocycles. The molecular weight excluding hydrogens is 336 g/mol. The molecule has 2 heterocycles. The van der Waals surface area contributed by atoms with E-state index in [0.29, 0.717) is 12.1 Å². The number of hydrogen-bond donors (Lipinski definition) is 2. The zero-order valence-electron chi connectivity index (χ0n) is 17.9. The smallest absolute Gasteiger partial charge is 0.191 e. The van der Waals surface area contributed by atoms with Crippen LogP contribution in [0.2, 0.25) is 0 Å². The van der Waals surface area contributed by atoms with Crippen LogP contribution < -0.4 is 10.6 Å². The van der Waals surface area contributed by atoms with Crippen molar-refractivity contribution in [2.24, 2.45) is 4.99 Å². The van der Waals surface area contributed by atoms with Gasteiger partial charge in [-0.05, 0) is 72.0 Å². The lowest BCUT2D eigenvalue weighted by Gasteiger charge is -2.41. The molecule has 2 aliphatic rings. The number of nitrogens with one attached hydrogen (secondary N) is 2. The highest BCUT2D eigenvalue weighted by Crippen LogP contribution is 2.22. The van der Waals surface area contributed by atoms with Crippen LogP contribution in [0.15, 0.2) is 11.2 Å². The molecule has 0 saturated carbocycles. The molecule has 1 atom stereocenters. The van der Waals surface area contributed by atoms with E-state index in [1.165, 1.54) is 43.6 Å². The molecule has 0 bridgehead atoms. The molecule has 152 valence electrons. The van der Waals surface area contributed by atoms with E-state index in [-0.39, 0.29) is 5.54 Å². The van der Waals surface area contributed by atoms with Gasteiger partial charge in [0.1, 0.15) is 0 Å². The van der Waals surface area contributed by atoms with Crippen molar-refractivity contribution in [3.63, 3.8) is 0 Å². The van der Waals surface area contributed by atoms with Crippen LogP contribution in [-0.4, -0.2) is 58.9 Å². The standard InChI is InChI=1S/C21H38N6/c1-16(2)27-14-17-9-10-18(13-19(17)25-27)24-20(22-5)23-15-21(3,4)26-11-7-6-8-12-26/h14,16,18H,6-13,15H2,1-5H3,(H2,22,23,24). The Kier molecular flexibility index (Phi) is 6.45. The molecule has 1 aromatic rings. The lowest BCUT2D eigenvalue weighted by Crippen LogP contribution is -2.56. The van der Waals surface area contributed by atoms with Gasteiger partial charge in [-0.1, -0.05) is 6.42 Å². The molecular formula is C21H38N6. The van der Waals surface area contributed by atoms with Gasteiger partial charge in [-0.25, -0.2) is 0 Å². The molecule has 6 heteroatoms. The predicted octanol–water partition coefficient (Wildman–Crippen LogP) is 2.75. The van der Waals surface area contributed by atoms with Crippen molar-refractivity contribution in [3.05, 3.63) is 17.5 Å². The highest BCUT2D eigenvalue weighted by Gasteiger charge is 2.28. The summed E-state index contributed by atoms with van der Waals surface area (Å²) in [5.74, 6) is 0.914. The number of aromatic nitrogens is 2. The van der Waals surface area contributed by atoms with Crippen molar-refractivity contribution in [3.8, 4) is 0 Å². The van der Waals surface area contributed by atoms with Crippen molar-refractivity contribution in [2.75, 3.05) is 26.7 Å². The van der Waals surface area contributed by atoms with E-state index in [2.05, 4.69) is 59.1 Å². The lowest BCUT2D eigenvalue weighted by molar-refractivity contribution is 0.0982. The molecule has 0 amide bonds. The highest BCUT2D eigenvalue weighted by molar-refractivity contribution is 5.80. The summed E-state index contributed by atoms with van der Waals surface area (Å²) in [6, 6.07) is 0.825. The van der Waals surface area contributed by atoms with Gasteiger partial charge in [-0.15, -0.1) is 0 Å². The number of guanidine groups is 1. The molecule has 1 aliphatic heterocycles. The summed E-state index contributed by atoms with van der Waals surface area (Å²) in [5, 5.41) is 12.0. The van der Waals surface area contributed by atoms with Gasteiger partial charge >= 0.3 is 0 Å². The van der Waals surface area contributed by atoms with E-state index in [0.717, 1.165) is 31.8 Å². The minimum Gasteiger partial charge on any atom is -0.355 e. The minimum absolute atomic E-state index is 0.147. The Morgan fingerprint density at radius 1 is 1.30 bits per heavy atom. The number of likely N-dealkylation sites (tertiary alicyclic amines) is 1. The number of nitrogens with zero attached hydrogens (tertiary/aromatic N) is 4. The number of aryl methyl sites for hydroxylation is 1. The van der Waals surface area contributed by atoms with Crippen molar-refractivity contribution in [1.29, 1.82) is 0 Å². The van der Waals surface area contributed by atoms with Crippen LogP contribution in [0.5, 0.6) is 0 Å². The first kappa shape index (κ1) is 20.2. The second-order valence-electron chi connectivity index (χ2n) is 9.04. The normalized spacial score (nSPS) is 22.0. The first-order valence-corrected chi connectivity index (χ1v) is 10.7. The van der Waals surface area contributed by atoms with Gasteiger partial charge in [0.05, 0.1) is 5.69 Å². The van der Waals surface area contributed by atoms with Crippen LogP contribution in [0.1, 0.15) is 70.7 Å². The number of rotatable bonds is 5. The fourth-order valence-corrected chi connectivity index (χ4v) is 4.20. The first-order valence-electron chi connectivity index (χ1n) is 10.7. The summed E-state index contributed by atoms with van der Waals surface area (Å²) in [5.41, 5.74) is 2.81. The molecule has 0 aromatic carbocycles. The molecule has 0 radical (unpaired) electrons. The van der Waals surface area contributed by atoms with Gasteiger partial charge in [-0.3, -0.25) is 14.6 Å². The number of aliphatic imine (C=N–C) groups is 1. The average Bonchev–Trinajstić information content (AvgIpc) is 3.09. The molecule has 27 heavy (non-hydrogen) atoms. The van der Waals surface area contributed by atoms with Gasteiger partial charge in [-0.2, -0.15) is 5.10 Å². The molecule has 1 unspecified atom stereocenters. The third-order valence-corrected chi connectivity index (χ3v) is 6.09. The Morgan fingerprint density at radius 2 is 2.04 bits per heavy atom. The minimum atomic E-state index is 0.147. The molecule has 2 N–H and O–H groups in total. The third-order valence-electron chi connectivity index (χ3n) is 6.09. The molecule has 1 saturated heterocycles. The van der Waals surface area contributed by atoms with Crippen LogP contribution >= 0.6 is 0 Å². The SMILES string of the molecule is CN=C(NCC(C)(C)N1CCCCC1)NC1CCc2cn(C(C)C)nc2C1. The molecule has 0 spiro atoms. The van der Waals surface area contributed by atoms with E-state index in [1.807, 2.05) is 7.05 Å². The highest BCUT2D eigenvalue weighted by atomic mass is 15.3. The van der Waals surface area contributed by atoms with Gasteiger partial charge < -0.3 is 10.6 Å². The second-order valence-corrected chi connectivity index (χ2v) is 9.04. The Hall–Kier alpha value is -1.56. The topological polar surface area (TPSA) is 57.5 Å². The van der Waals surface area contributed by atoms with Crippen molar-refractivity contribution < 1.29 is 0 Å². The summed E-state index contributed by atoms with van der Waals surface area (Å²) >= 11 is 0. The fraction of sp³-hybridized carbons (Fsp3) is 0.810. The fourth-order valence-electron chi connectivity index (χ4n) is 4.20. The zero-order valence-corrected chi connectivity index (χ0v) is 17.9. The van der Waals surface area contributed by atoms with Crippen molar-refractivity contribution >= 4 is 5.96 Å². The monoisotopic (exact) mass is 374 g/mol. The molecule has 3 rings (SSSR count). The van der Waals surface area contributed by atoms with Crippen LogP contribution in [0.4, 0.5) is 0 Å². The summed E-state index contributed by atoms with van der Waals surface area (Å²) < 4.78 is 2.10. The number of fused-ring (bicyclic) bond motifs is 1. The maximum absolute atomic E-state index is 4.79. The first-order chi connectivity index (χ1) is 12.9. The van der Waals surface area contributed by atoms with E-state index < -0.39 is 0 Å². The van der Waals surface area contributed by atoms with Gasteiger partial charge in [0.2, 0.25) is 0 Å². The predicted molar refractivity (Wildman–Crippen MR) is 112 cm³/mol. The Bertz CT molecular complexity index is 639. The Morgan fingerprint density at radius 3 is 2.70 bits per heavy atom. The van der Waals surface area contributed by atoms with E-state index in [1.54, 1.807) is 0 Å². The summed E-state index contributed by atoms with van der Waals surface area (Å²) in [6.07, 6.45) is 9.45. The van der Waals surface area contributed by atoms with E-state index >= 15 is 0 Å². The lowest BCUT2D eigenvalue weighted by atomic mass is 9.94. The van der Waals surface area contributed by atoms with Gasteiger partial charge in [0.25, 0.3) is 0 Å². The summed E-state index contributed by atoms with van der Waals surface area (Å²) in [4.78, 5) is 7.08. The van der Waals surface area contributed by atoms with Crippen LogP contribution in [-0.2, 0) is 12.8 Å². The van der Waals surface area contributed by atoms with E-state index in [9.17, 15) is 0 Å². The number of piperidine rings is 1. The van der Waals surface area contributed by atoms with Crippen LogP contribution in [0.25, 0.3) is 0 Å². The summed E-state index contributed by atoms with van der Waals surface area (Å²) in [7, 11) is 1.87. The second kappa shape index (κ2) is 8.63. The quantitative estimate of drug-likeness (QED) is 0.615. The van der Waals surface area contributed by atoms with E-state index in [4.69, 9.17) is 5.10 Å². The van der Waals surface area contributed by atoms with Crippen molar-refractivity contribution in [1.82, 2.24) is 25.3 Å². The maximum atomic E-state index is 4.79. The largest absolute Gasteiger partial charge is 0.355 e. The maximum Gasteiger partial charge on any atom is 0.191 e. The molecule has 6 nitrogen and oxygen atoms in total. The van der Waals surface area contributed by atoms with Crippen molar-refractivity contribution in [2.45, 2.75) is 83.8 Å². The molecule has 1 aromatic heterocycles. The Labute approximate surface area is 164 Å². The van der Waals surface area contributed by atoms with Crippen LogP contribution in [0, 0.1) is 0 Å². The average molecular weight is 375 g/mol. The summed E-state index contributed by atoms with van der Waals surface area (Å²) in [6.45, 7) is 12.4. The van der Waals surface area contributed by atoms with Gasteiger partial charge in [0.15, 0.2) is 5.96 Å². The molecule has 1 fully saturated rings. The number of hydrogen-bond acceptors (Lipinski definition) is 3. The Balaban J connectivity index is 1.53. The third kappa shape index (κ3) is 5.03.